The number of carbonyl (C=O) groups is 2. The largest absolute Gasteiger partial charge is 0.460 e. The molecule has 1 aromatic rings. The zero-order valence-electron chi connectivity index (χ0n) is 11.1. The normalized spacial score (nSPS) is 10.1. The topological polar surface area (TPSA) is 43.4 Å². The van der Waals surface area contributed by atoms with Gasteiger partial charge in [0.15, 0.2) is 0 Å². The summed E-state index contributed by atoms with van der Waals surface area (Å²) in [4.78, 5) is 23.1. The molecule has 0 spiro atoms. The summed E-state index contributed by atoms with van der Waals surface area (Å²) in [6, 6.07) is 7.24. The lowest BCUT2D eigenvalue weighted by atomic mass is 10.0. The minimum absolute atomic E-state index is 0.223. The second-order valence-electron chi connectivity index (χ2n) is 4.21. The summed E-state index contributed by atoms with van der Waals surface area (Å²) in [5.41, 5.74) is 1.51. The van der Waals surface area contributed by atoms with E-state index in [1.54, 1.807) is 19.1 Å². The molecular weight excluding hydrogens is 228 g/mol. The highest BCUT2D eigenvalue weighted by Crippen LogP contribution is 2.10. The van der Waals surface area contributed by atoms with Crippen molar-refractivity contribution in [3.8, 4) is 0 Å². The molecule has 98 valence electrons. The van der Waals surface area contributed by atoms with Crippen LogP contribution in [0.25, 0.3) is 0 Å². The van der Waals surface area contributed by atoms with E-state index < -0.39 is 11.8 Å². The Bertz CT molecular complexity index is 410. The van der Waals surface area contributed by atoms with Crippen LogP contribution in [0, 0.1) is 0 Å². The molecule has 0 atom stereocenters. The number of unbranched alkanes of at least 4 members (excludes halogenated alkanes) is 2. The van der Waals surface area contributed by atoms with E-state index in [0.29, 0.717) is 5.56 Å². The molecule has 0 aliphatic carbocycles. The molecule has 18 heavy (non-hydrogen) atoms. The van der Waals surface area contributed by atoms with Gasteiger partial charge in [0.2, 0.25) is 0 Å². The van der Waals surface area contributed by atoms with Crippen molar-refractivity contribution in [2.75, 3.05) is 6.61 Å². The first kappa shape index (κ1) is 14.4. The van der Waals surface area contributed by atoms with Gasteiger partial charge in [-0.15, -0.1) is 0 Å². The van der Waals surface area contributed by atoms with Gasteiger partial charge in [0.05, 0.1) is 6.61 Å². The van der Waals surface area contributed by atoms with Crippen LogP contribution in [0.5, 0.6) is 0 Å². The van der Waals surface area contributed by atoms with Gasteiger partial charge in [0, 0.05) is 5.56 Å². The molecule has 0 saturated carbocycles. The monoisotopic (exact) mass is 248 g/mol. The molecule has 0 N–H and O–H groups in total. The SMILES string of the molecule is CCCCCc1cccc(C(=O)C(=O)OCC)c1. The van der Waals surface area contributed by atoms with E-state index in [1.165, 1.54) is 12.8 Å². The van der Waals surface area contributed by atoms with Gasteiger partial charge in [-0.05, 0) is 31.4 Å². The van der Waals surface area contributed by atoms with E-state index in [4.69, 9.17) is 4.74 Å². The lowest BCUT2D eigenvalue weighted by Gasteiger charge is -2.04. The Hall–Kier alpha value is -1.64. The van der Waals surface area contributed by atoms with E-state index in [9.17, 15) is 9.59 Å². The van der Waals surface area contributed by atoms with E-state index in [1.807, 2.05) is 12.1 Å². The molecular formula is C15H20O3. The van der Waals surface area contributed by atoms with Gasteiger partial charge in [-0.2, -0.15) is 0 Å². The van der Waals surface area contributed by atoms with Gasteiger partial charge >= 0.3 is 5.97 Å². The number of hydrogen-bond acceptors (Lipinski definition) is 3. The van der Waals surface area contributed by atoms with Gasteiger partial charge in [-0.1, -0.05) is 38.0 Å². The lowest BCUT2D eigenvalue weighted by molar-refractivity contribution is -0.137. The van der Waals surface area contributed by atoms with Crippen LogP contribution in [0.1, 0.15) is 49.0 Å². The Morgan fingerprint density at radius 3 is 2.61 bits per heavy atom. The smallest absolute Gasteiger partial charge is 0.379 e. The number of Topliss-reactive ketones (excluding diaryl/α,β-unsaturated/α-hetero) is 1. The number of esters is 1. The Kier molecular flexibility index (Phi) is 6.12. The van der Waals surface area contributed by atoms with Gasteiger partial charge in [-0.3, -0.25) is 4.79 Å². The maximum absolute atomic E-state index is 11.7. The maximum atomic E-state index is 11.7. The van der Waals surface area contributed by atoms with Crippen LogP contribution in [0.4, 0.5) is 0 Å². The van der Waals surface area contributed by atoms with Gasteiger partial charge in [0.25, 0.3) is 5.78 Å². The quantitative estimate of drug-likeness (QED) is 0.322. The number of aryl methyl sites for hydroxylation is 1. The van der Waals surface area contributed by atoms with Crippen LogP contribution in [-0.2, 0) is 16.0 Å². The van der Waals surface area contributed by atoms with Crippen molar-refractivity contribution in [1.29, 1.82) is 0 Å². The third-order valence-corrected chi connectivity index (χ3v) is 2.72. The van der Waals surface area contributed by atoms with Crippen molar-refractivity contribution in [3.05, 3.63) is 35.4 Å². The second kappa shape index (κ2) is 7.64. The van der Waals surface area contributed by atoms with Crippen molar-refractivity contribution >= 4 is 11.8 Å². The van der Waals surface area contributed by atoms with E-state index in [-0.39, 0.29) is 6.61 Å². The fraction of sp³-hybridized carbons (Fsp3) is 0.467. The van der Waals surface area contributed by atoms with Gasteiger partial charge < -0.3 is 4.74 Å². The van der Waals surface area contributed by atoms with E-state index in [2.05, 4.69) is 6.92 Å². The molecule has 3 nitrogen and oxygen atoms in total. The minimum Gasteiger partial charge on any atom is -0.460 e. The summed E-state index contributed by atoms with van der Waals surface area (Å²) >= 11 is 0. The molecule has 0 amide bonds. The van der Waals surface area contributed by atoms with Crippen LogP contribution in [0.2, 0.25) is 0 Å². The van der Waals surface area contributed by atoms with Gasteiger partial charge in [-0.25, -0.2) is 4.79 Å². The molecule has 0 unspecified atom stereocenters. The Morgan fingerprint density at radius 1 is 1.17 bits per heavy atom. The van der Waals surface area contributed by atoms with Gasteiger partial charge in [0.1, 0.15) is 0 Å². The van der Waals surface area contributed by atoms with Crippen LogP contribution in [0.3, 0.4) is 0 Å². The molecule has 0 aliphatic rings. The number of benzene rings is 1. The highest BCUT2D eigenvalue weighted by molar-refractivity contribution is 6.40. The Morgan fingerprint density at radius 2 is 1.94 bits per heavy atom. The van der Waals surface area contributed by atoms with Crippen molar-refractivity contribution < 1.29 is 14.3 Å². The third kappa shape index (κ3) is 4.32. The molecule has 0 heterocycles. The van der Waals surface area contributed by atoms with Crippen molar-refractivity contribution in [1.82, 2.24) is 0 Å². The molecule has 0 bridgehead atoms. The van der Waals surface area contributed by atoms with E-state index >= 15 is 0 Å². The minimum atomic E-state index is -0.775. The predicted molar refractivity (Wildman–Crippen MR) is 70.6 cm³/mol. The summed E-state index contributed by atoms with van der Waals surface area (Å²) < 4.78 is 4.71. The van der Waals surface area contributed by atoms with Crippen LogP contribution in [0.15, 0.2) is 24.3 Å². The summed E-state index contributed by atoms with van der Waals surface area (Å²) in [7, 11) is 0. The fourth-order valence-electron chi connectivity index (χ4n) is 1.76. The molecule has 0 aliphatic heterocycles. The molecule has 1 aromatic carbocycles. The molecule has 0 fully saturated rings. The van der Waals surface area contributed by atoms with Crippen molar-refractivity contribution in [3.63, 3.8) is 0 Å². The Balaban J connectivity index is 2.69. The van der Waals surface area contributed by atoms with Crippen LogP contribution < -0.4 is 0 Å². The summed E-state index contributed by atoms with van der Waals surface area (Å²) in [6.45, 7) is 4.06. The highest BCUT2D eigenvalue weighted by atomic mass is 16.5. The number of rotatable bonds is 7. The molecule has 0 aromatic heterocycles. The standard InChI is InChI=1S/C15H20O3/c1-3-5-6-8-12-9-7-10-13(11-12)14(16)15(17)18-4-2/h7,9-11H,3-6,8H2,1-2H3. The fourth-order valence-corrected chi connectivity index (χ4v) is 1.76. The average molecular weight is 248 g/mol. The summed E-state index contributed by atoms with van der Waals surface area (Å²) in [5, 5.41) is 0. The lowest BCUT2D eigenvalue weighted by Crippen LogP contribution is -2.17. The number of hydrogen-bond donors (Lipinski definition) is 0. The van der Waals surface area contributed by atoms with Crippen LogP contribution >= 0.6 is 0 Å². The maximum Gasteiger partial charge on any atom is 0.379 e. The number of ketones is 1. The number of carbonyl (C=O) groups excluding carboxylic acids is 2. The molecule has 1 rings (SSSR count). The van der Waals surface area contributed by atoms with E-state index in [0.717, 1.165) is 18.4 Å². The summed E-state index contributed by atoms with van der Waals surface area (Å²) in [5.74, 6) is -1.34. The van der Waals surface area contributed by atoms with Crippen LogP contribution in [-0.4, -0.2) is 18.4 Å². The average Bonchev–Trinajstić information content (AvgIpc) is 2.39. The van der Waals surface area contributed by atoms with Crippen molar-refractivity contribution in [2.45, 2.75) is 39.5 Å². The first-order valence-electron chi connectivity index (χ1n) is 6.49. The zero-order chi connectivity index (χ0) is 13.4. The highest BCUT2D eigenvalue weighted by Gasteiger charge is 2.17. The molecule has 0 radical (unpaired) electrons. The Labute approximate surface area is 108 Å². The zero-order valence-corrected chi connectivity index (χ0v) is 11.1. The first-order chi connectivity index (χ1) is 8.69. The molecule has 0 saturated heterocycles. The first-order valence-corrected chi connectivity index (χ1v) is 6.49. The summed E-state index contributed by atoms with van der Waals surface area (Å²) in [6.07, 6.45) is 4.39. The number of ether oxygens (including phenoxy) is 1. The third-order valence-electron chi connectivity index (χ3n) is 2.72. The molecule has 3 heteroatoms. The predicted octanol–water partition coefficient (Wildman–Crippen LogP) is 3.17. The second-order valence-corrected chi connectivity index (χ2v) is 4.21. The van der Waals surface area contributed by atoms with Crippen molar-refractivity contribution in [2.24, 2.45) is 0 Å².